The van der Waals surface area contributed by atoms with E-state index >= 15 is 0 Å². The number of allylic oxidation sites excluding steroid dienone is 4. The highest BCUT2D eigenvalue weighted by molar-refractivity contribution is 5.10. The summed E-state index contributed by atoms with van der Waals surface area (Å²) in [6.45, 7) is 10.5. The summed E-state index contributed by atoms with van der Waals surface area (Å²) in [5.74, 6) is 1.02. The fourth-order valence-corrected chi connectivity index (χ4v) is 2.99. The van der Waals surface area contributed by atoms with Crippen LogP contribution in [0.1, 0.15) is 66.7 Å². The van der Waals surface area contributed by atoms with Crippen LogP contribution in [0.2, 0.25) is 0 Å². The molecule has 0 radical (unpaired) electrons. The van der Waals surface area contributed by atoms with E-state index in [0.717, 1.165) is 25.7 Å². The first-order chi connectivity index (χ1) is 10.2. The predicted octanol–water partition coefficient (Wildman–Crippen LogP) is 4.78. The molecule has 3 atom stereocenters. The summed E-state index contributed by atoms with van der Waals surface area (Å²) in [5, 5.41) is 20.7. The van der Waals surface area contributed by atoms with E-state index in [-0.39, 0.29) is 0 Å². The lowest BCUT2D eigenvalue weighted by molar-refractivity contribution is 0.0565. The van der Waals surface area contributed by atoms with E-state index in [4.69, 9.17) is 0 Å². The third kappa shape index (κ3) is 7.42. The van der Waals surface area contributed by atoms with Gasteiger partial charge < -0.3 is 10.2 Å². The van der Waals surface area contributed by atoms with Crippen molar-refractivity contribution in [2.24, 2.45) is 11.8 Å². The Bertz CT molecular complexity index is 427. The van der Waals surface area contributed by atoms with E-state index in [2.05, 4.69) is 39.8 Å². The molecule has 0 fully saturated rings. The zero-order chi connectivity index (χ0) is 16.8. The molecule has 0 spiro atoms. The maximum atomic E-state index is 10.5. The van der Waals surface area contributed by atoms with E-state index in [0.29, 0.717) is 18.3 Å². The van der Waals surface area contributed by atoms with Crippen LogP contribution in [0, 0.1) is 11.8 Å². The van der Waals surface area contributed by atoms with Crippen LogP contribution in [0.4, 0.5) is 0 Å². The van der Waals surface area contributed by atoms with Crippen LogP contribution in [0.3, 0.4) is 0 Å². The fourth-order valence-electron chi connectivity index (χ4n) is 2.99. The first-order valence-electron chi connectivity index (χ1n) is 8.62. The van der Waals surface area contributed by atoms with Gasteiger partial charge in [-0.1, -0.05) is 49.3 Å². The molecule has 2 N–H and O–H groups in total. The molecule has 0 aromatic rings. The van der Waals surface area contributed by atoms with Gasteiger partial charge in [0.2, 0.25) is 0 Å². The van der Waals surface area contributed by atoms with Gasteiger partial charge in [-0.3, -0.25) is 0 Å². The molecule has 0 saturated heterocycles. The molecule has 1 unspecified atom stereocenters. The minimum atomic E-state index is -0.960. The molecule has 126 valence electrons. The average Bonchev–Trinajstić information content (AvgIpc) is 2.36. The van der Waals surface area contributed by atoms with Crippen molar-refractivity contribution < 1.29 is 10.2 Å². The van der Waals surface area contributed by atoms with Gasteiger partial charge >= 0.3 is 0 Å². The summed E-state index contributed by atoms with van der Waals surface area (Å²) < 4.78 is 0. The molecule has 1 rings (SSSR count). The van der Waals surface area contributed by atoms with Crippen LogP contribution >= 0.6 is 0 Å². The van der Waals surface area contributed by atoms with E-state index in [9.17, 15) is 10.2 Å². The van der Waals surface area contributed by atoms with Gasteiger partial charge in [-0.15, -0.1) is 0 Å². The maximum absolute atomic E-state index is 10.5. The SMILES string of the molecule is C/C1=C\[C@H](O)C[C@](C)(O)C=CC(C(C)C)CC/C(C)=C/CC1. The molecule has 2 nitrogen and oxygen atoms in total. The second-order valence-electron chi connectivity index (χ2n) is 7.54. The fraction of sp³-hybridized carbons (Fsp3) is 0.700. The number of hydrogen-bond donors (Lipinski definition) is 2. The summed E-state index contributed by atoms with van der Waals surface area (Å²) in [6.07, 6.45) is 12.2. The Labute approximate surface area is 136 Å². The number of hydrogen-bond acceptors (Lipinski definition) is 2. The summed E-state index contributed by atoms with van der Waals surface area (Å²) in [4.78, 5) is 0. The average molecular weight is 306 g/mol. The Hall–Kier alpha value is -0.860. The lowest BCUT2D eigenvalue weighted by atomic mass is 9.86. The summed E-state index contributed by atoms with van der Waals surface area (Å²) >= 11 is 0. The Morgan fingerprint density at radius 3 is 2.50 bits per heavy atom. The minimum absolute atomic E-state index is 0.348. The molecule has 2 heteroatoms. The monoisotopic (exact) mass is 306 g/mol. The predicted molar refractivity (Wildman–Crippen MR) is 94.7 cm³/mol. The Kier molecular flexibility index (Phi) is 7.58. The van der Waals surface area contributed by atoms with Crippen molar-refractivity contribution in [3.63, 3.8) is 0 Å². The molecule has 0 bridgehead atoms. The van der Waals surface area contributed by atoms with E-state index < -0.39 is 11.7 Å². The number of rotatable bonds is 1. The Morgan fingerprint density at radius 1 is 1.18 bits per heavy atom. The molecule has 0 aromatic heterocycles. The highest BCUT2D eigenvalue weighted by Gasteiger charge is 2.21. The van der Waals surface area contributed by atoms with Crippen LogP contribution in [-0.2, 0) is 0 Å². The van der Waals surface area contributed by atoms with Crippen LogP contribution in [0.25, 0.3) is 0 Å². The zero-order valence-electron chi connectivity index (χ0n) is 15.0. The van der Waals surface area contributed by atoms with Gasteiger partial charge in [0.15, 0.2) is 0 Å². The maximum Gasteiger partial charge on any atom is 0.0827 e. The molecule has 22 heavy (non-hydrogen) atoms. The van der Waals surface area contributed by atoms with Crippen molar-refractivity contribution in [2.45, 2.75) is 78.4 Å². The molecule has 0 heterocycles. The van der Waals surface area contributed by atoms with Crippen LogP contribution < -0.4 is 0 Å². The molecular formula is C20H34O2. The third-order valence-corrected chi connectivity index (χ3v) is 4.56. The molecule has 1 aliphatic rings. The minimum Gasteiger partial charge on any atom is -0.389 e. The topological polar surface area (TPSA) is 40.5 Å². The first-order valence-corrected chi connectivity index (χ1v) is 8.62. The van der Waals surface area contributed by atoms with Crippen molar-refractivity contribution in [3.05, 3.63) is 35.5 Å². The van der Waals surface area contributed by atoms with Gasteiger partial charge in [0.25, 0.3) is 0 Å². The molecule has 0 saturated carbocycles. The van der Waals surface area contributed by atoms with Crippen molar-refractivity contribution >= 4 is 0 Å². The van der Waals surface area contributed by atoms with Crippen LogP contribution in [0.15, 0.2) is 35.5 Å². The summed E-state index contributed by atoms with van der Waals surface area (Å²) in [7, 11) is 0. The van der Waals surface area contributed by atoms with Crippen LogP contribution in [0.5, 0.6) is 0 Å². The molecule has 1 aliphatic carbocycles. The van der Waals surface area contributed by atoms with E-state index in [1.54, 1.807) is 6.92 Å². The van der Waals surface area contributed by atoms with E-state index in [1.807, 2.05) is 12.2 Å². The summed E-state index contributed by atoms with van der Waals surface area (Å²) in [6, 6.07) is 0. The standard InChI is InChI=1S/C20H34O2/c1-15(2)18-10-9-16(3)7-6-8-17(4)13-19(21)14-20(5,22)12-11-18/h7,11-13,15,18-19,21-22H,6,8-10,14H2,1-5H3/b12-11?,16-7+,17-13+/t18?,19-,20+/m0/s1. The quantitative estimate of drug-likeness (QED) is 0.684. The molecule has 0 amide bonds. The second-order valence-corrected chi connectivity index (χ2v) is 7.54. The van der Waals surface area contributed by atoms with Crippen molar-refractivity contribution in [1.29, 1.82) is 0 Å². The lowest BCUT2D eigenvalue weighted by Gasteiger charge is -2.24. The number of aliphatic hydroxyl groups excluding tert-OH is 1. The molecule has 0 aromatic carbocycles. The van der Waals surface area contributed by atoms with Crippen LogP contribution in [-0.4, -0.2) is 21.9 Å². The van der Waals surface area contributed by atoms with Gasteiger partial charge in [-0.2, -0.15) is 0 Å². The summed E-state index contributed by atoms with van der Waals surface area (Å²) in [5.41, 5.74) is 1.67. The third-order valence-electron chi connectivity index (χ3n) is 4.56. The van der Waals surface area contributed by atoms with E-state index in [1.165, 1.54) is 11.1 Å². The highest BCUT2D eigenvalue weighted by Crippen LogP contribution is 2.25. The second kappa shape index (κ2) is 8.69. The smallest absolute Gasteiger partial charge is 0.0827 e. The zero-order valence-corrected chi connectivity index (χ0v) is 15.0. The Morgan fingerprint density at radius 2 is 1.86 bits per heavy atom. The van der Waals surface area contributed by atoms with Gasteiger partial charge in [0.05, 0.1) is 11.7 Å². The lowest BCUT2D eigenvalue weighted by Crippen LogP contribution is -2.27. The van der Waals surface area contributed by atoms with Gasteiger partial charge in [-0.25, -0.2) is 0 Å². The van der Waals surface area contributed by atoms with Gasteiger partial charge in [-0.05, 0) is 58.3 Å². The normalized spacial score (nSPS) is 37.1. The van der Waals surface area contributed by atoms with Crippen molar-refractivity contribution in [3.8, 4) is 0 Å². The molecule has 0 aliphatic heterocycles. The number of aliphatic hydroxyl groups is 2. The van der Waals surface area contributed by atoms with Crippen molar-refractivity contribution in [1.82, 2.24) is 0 Å². The highest BCUT2D eigenvalue weighted by atomic mass is 16.3. The van der Waals surface area contributed by atoms with Gasteiger partial charge in [0, 0.05) is 6.42 Å². The van der Waals surface area contributed by atoms with Gasteiger partial charge in [0.1, 0.15) is 0 Å². The molecular weight excluding hydrogens is 272 g/mol. The largest absolute Gasteiger partial charge is 0.389 e. The Balaban J connectivity index is 2.97. The first kappa shape index (κ1) is 19.2. The van der Waals surface area contributed by atoms with Crippen molar-refractivity contribution in [2.75, 3.05) is 0 Å².